The van der Waals surface area contributed by atoms with Crippen LogP contribution in [0.15, 0.2) is 58.4 Å². The molecule has 4 heterocycles. The average Bonchev–Trinajstić information content (AvgIpc) is 3.34. The first-order valence-corrected chi connectivity index (χ1v) is 10.8. The minimum Gasteiger partial charge on any atom is -0.346 e. The minimum atomic E-state index is -3.53. The molecule has 25 heavy (non-hydrogen) atoms. The monoisotopic (exact) mass is 389 g/mol. The van der Waals surface area contributed by atoms with Gasteiger partial charge in [-0.25, -0.2) is 18.1 Å². The van der Waals surface area contributed by atoms with Crippen LogP contribution in [0, 0.1) is 0 Å². The van der Waals surface area contributed by atoms with Crippen LogP contribution in [-0.2, 0) is 23.0 Å². The van der Waals surface area contributed by atoms with E-state index in [2.05, 4.69) is 20.8 Å². The molecule has 4 aromatic rings. The second kappa shape index (κ2) is 6.72. The highest BCUT2D eigenvalue weighted by molar-refractivity contribution is 7.91. The number of rotatable bonds is 6. The van der Waals surface area contributed by atoms with Crippen molar-refractivity contribution in [1.29, 1.82) is 0 Å². The molecule has 0 fully saturated rings. The molecule has 4 aromatic heterocycles. The van der Waals surface area contributed by atoms with E-state index in [0.717, 1.165) is 27.9 Å². The van der Waals surface area contributed by atoms with Crippen LogP contribution >= 0.6 is 22.7 Å². The van der Waals surface area contributed by atoms with Gasteiger partial charge in [-0.2, -0.15) is 0 Å². The number of sulfonamides is 1. The third-order valence-corrected chi connectivity index (χ3v) is 7.67. The van der Waals surface area contributed by atoms with Crippen LogP contribution in [-0.4, -0.2) is 18.4 Å². The van der Waals surface area contributed by atoms with Gasteiger partial charge in [-0.05, 0) is 41.3 Å². The van der Waals surface area contributed by atoms with Crippen molar-refractivity contribution in [2.24, 2.45) is 0 Å². The Bertz CT molecular complexity index is 1100. The summed E-state index contributed by atoms with van der Waals surface area (Å²) in [5.74, 6) is 0. The third kappa shape index (κ3) is 3.52. The lowest BCUT2D eigenvalue weighted by atomic mass is 10.2. The molecular weight excluding hydrogens is 374 g/mol. The number of H-pyrrole nitrogens is 1. The van der Waals surface area contributed by atoms with Gasteiger partial charge in [0.15, 0.2) is 0 Å². The Balaban J connectivity index is 1.49. The van der Waals surface area contributed by atoms with E-state index in [0.29, 0.717) is 4.21 Å². The lowest BCUT2D eigenvalue weighted by Gasteiger charge is -2.04. The summed E-state index contributed by atoms with van der Waals surface area (Å²) in [6.45, 7) is 0.228. The second-order valence-corrected chi connectivity index (χ2v) is 9.71. The first kappa shape index (κ1) is 16.5. The van der Waals surface area contributed by atoms with Gasteiger partial charge in [-0.3, -0.25) is 0 Å². The molecule has 0 aliphatic rings. The number of hydrogen-bond acceptors (Lipinski definition) is 5. The van der Waals surface area contributed by atoms with E-state index in [1.807, 2.05) is 29.6 Å². The summed E-state index contributed by atoms with van der Waals surface area (Å²) in [4.78, 5) is 9.53. The van der Waals surface area contributed by atoms with Crippen molar-refractivity contribution in [3.05, 3.63) is 69.5 Å². The van der Waals surface area contributed by atoms with Gasteiger partial charge in [0.25, 0.3) is 0 Å². The van der Waals surface area contributed by atoms with E-state index in [1.165, 1.54) is 16.2 Å². The molecule has 4 rings (SSSR count). The molecule has 0 aliphatic carbocycles. The highest BCUT2D eigenvalue weighted by Crippen LogP contribution is 2.25. The number of nitrogens with zero attached hydrogens (tertiary/aromatic N) is 1. The fraction of sp³-hybridized carbons (Fsp3) is 0.118. The van der Waals surface area contributed by atoms with Crippen molar-refractivity contribution in [3.8, 4) is 0 Å². The summed E-state index contributed by atoms with van der Waals surface area (Å²) >= 11 is 2.99. The Morgan fingerprint density at radius 2 is 2.04 bits per heavy atom. The van der Waals surface area contributed by atoms with Crippen molar-refractivity contribution in [1.82, 2.24) is 14.7 Å². The maximum atomic E-state index is 12.6. The molecule has 0 aromatic carbocycles. The topological polar surface area (TPSA) is 74.8 Å². The molecule has 0 spiro atoms. The summed E-state index contributed by atoms with van der Waals surface area (Å²) in [5.41, 5.74) is 1.63. The molecule has 0 radical (unpaired) electrons. The van der Waals surface area contributed by atoms with Crippen LogP contribution < -0.4 is 4.72 Å². The highest BCUT2D eigenvalue weighted by Gasteiger charge is 2.17. The Kier molecular flexibility index (Phi) is 4.43. The van der Waals surface area contributed by atoms with Crippen molar-refractivity contribution >= 4 is 43.7 Å². The minimum absolute atomic E-state index is 0.228. The van der Waals surface area contributed by atoms with Crippen LogP contribution in [0.2, 0.25) is 0 Å². The normalized spacial score (nSPS) is 12.0. The quantitative estimate of drug-likeness (QED) is 0.527. The predicted octanol–water partition coefficient (Wildman–Crippen LogP) is 3.76. The van der Waals surface area contributed by atoms with Gasteiger partial charge in [-0.15, -0.1) is 22.7 Å². The standard InChI is InChI=1S/C17H15N3O2S3/c21-25(22,16-6-5-14(24-16)9-13-3-2-8-23-13)20-11-12-10-19-17-15(12)4-1-7-18-17/h1-8,10,20H,9,11H2,(H,18,19). The molecule has 8 heteroatoms. The van der Waals surface area contributed by atoms with Crippen molar-refractivity contribution < 1.29 is 8.42 Å². The van der Waals surface area contributed by atoms with Gasteiger partial charge >= 0.3 is 0 Å². The van der Waals surface area contributed by atoms with Gasteiger partial charge in [-0.1, -0.05) is 6.07 Å². The van der Waals surface area contributed by atoms with Gasteiger partial charge in [0, 0.05) is 40.5 Å². The summed E-state index contributed by atoms with van der Waals surface area (Å²) < 4.78 is 28.1. The fourth-order valence-corrected chi connectivity index (χ4v) is 5.83. The number of nitrogens with one attached hydrogen (secondary N) is 2. The SMILES string of the molecule is O=S(=O)(NCc1c[nH]c2ncccc12)c1ccc(Cc2cccs2)s1. The molecular formula is C17H15N3O2S3. The van der Waals surface area contributed by atoms with Gasteiger partial charge < -0.3 is 4.98 Å². The van der Waals surface area contributed by atoms with Crippen molar-refractivity contribution in [3.63, 3.8) is 0 Å². The zero-order chi connectivity index (χ0) is 17.3. The first-order chi connectivity index (χ1) is 12.1. The van der Waals surface area contributed by atoms with Crippen LogP contribution in [0.4, 0.5) is 0 Å². The number of thiophene rings is 2. The lowest BCUT2D eigenvalue weighted by Crippen LogP contribution is -2.22. The number of hydrogen-bond donors (Lipinski definition) is 2. The van der Waals surface area contributed by atoms with Crippen LogP contribution in [0.25, 0.3) is 11.0 Å². The Morgan fingerprint density at radius 3 is 2.88 bits per heavy atom. The van der Waals surface area contributed by atoms with Crippen molar-refractivity contribution in [2.45, 2.75) is 17.2 Å². The van der Waals surface area contributed by atoms with E-state index in [-0.39, 0.29) is 6.54 Å². The molecule has 5 nitrogen and oxygen atoms in total. The van der Waals surface area contributed by atoms with Crippen LogP contribution in [0.3, 0.4) is 0 Å². The molecule has 0 amide bonds. The number of pyridine rings is 1. The van der Waals surface area contributed by atoms with Crippen molar-refractivity contribution in [2.75, 3.05) is 0 Å². The molecule has 128 valence electrons. The van der Waals surface area contributed by atoms with Gasteiger partial charge in [0.1, 0.15) is 9.86 Å². The summed E-state index contributed by atoms with van der Waals surface area (Å²) in [6.07, 6.45) is 4.26. The molecule has 0 saturated heterocycles. The number of aromatic nitrogens is 2. The van der Waals surface area contributed by atoms with Gasteiger partial charge in [0.05, 0.1) is 0 Å². The zero-order valence-electron chi connectivity index (χ0n) is 13.1. The third-order valence-electron chi connectivity index (χ3n) is 3.82. The predicted molar refractivity (Wildman–Crippen MR) is 102 cm³/mol. The lowest BCUT2D eigenvalue weighted by molar-refractivity contribution is 0.583. The zero-order valence-corrected chi connectivity index (χ0v) is 15.5. The molecule has 0 saturated carbocycles. The maximum Gasteiger partial charge on any atom is 0.250 e. The van der Waals surface area contributed by atoms with E-state index >= 15 is 0 Å². The first-order valence-electron chi connectivity index (χ1n) is 7.63. The van der Waals surface area contributed by atoms with E-state index in [4.69, 9.17) is 0 Å². The molecule has 0 bridgehead atoms. The fourth-order valence-electron chi connectivity index (χ4n) is 2.59. The Labute approximate surface area is 153 Å². The molecule has 0 aliphatic heterocycles. The summed E-state index contributed by atoms with van der Waals surface area (Å²) in [5, 5.41) is 2.95. The van der Waals surface area contributed by atoms with Crippen LogP contribution in [0.5, 0.6) is 0 Å². The Hall–Kier alpha value is -2.00. The smallest absolute Gasteiger partial charge is 0.250 e. The molecule has 2 N–H and O–H groups in total. The van der Waals surface area contributed by atoms with Gasteiger partial charge in [0.2, 0.25) is 10.0 Å². The molecule has 0 atom stereocenters. The van der Waals surface area contributed by atoms with E-state index < -0.39 is 10.0 Å². The van der Waals surface area contributed by atoms with E-state index in [9.17, 15) is 8.42 Å². The number of aromatic amines is 1. The molecule has 0 unspecified atom stereocenters. The maximum absolute atomic E-state index is 12.6. The summed E-state index contributed by atoms with van der Waals surface area (Å²) in [6, 6.07) is 11.4. The largest absolute Gasteiger partial charge is 0.346 e. The van der Waals surface area contributed by atoms with E-state index in [1.54, 1.807) is 29.8 Å². The average molecular weight is 390 g/mol. The summed E-state index contributed by atoms with van der Waals surface area (Å²) in [7, 11) is -3.53. The van der Waals surface area contributed by atoms with Crippen LogP contribution in [0.1, 0.15) is 15.3 Å². The number of fused-ring (bicyclic) bond motifs is 1. The second-order valence-electron chi connectivity index (χ2n) is 5.51. The highest BCUT2D eigenvalue weighted by atomic mass is 32.2. The Morgan fingerprint density at radius 1 is 1.12 bits per heavy atom.